The van der Waals surface area contributed by atoms with Gasteiger partial charge in [-0.05, 0) is 54.2 Å². The summed E-state index contributed by atoms with van der Waals surface area (Å²) in [5.41, 5.74) is 1.76. The summed E-state index contributed by atoms with van der Waals surface area (Å²) < 4.78 is 0. The minimum atomic E-state index is -1.28. The van der Waals surface area contributed by atoms with Crippen LogP contribution < -0.4 is 15.5 Å². The normalized spacial score (nSPS) is 19.0. The van der Waals surface area contributed by atoms with E-state index in [1.54, 1.807) is 34.1 Å². The molecule has 10 heteroatoms. The number of aliphatic carboxylic acids is 1. The van der Waals surface area contributed by atoms with Crippen molar-refractivity contribution in [3.63, 3.8) is 0 Å². The van der Waals surface area contributed by atoms with Crippen molar-refractivity contribution < 1.29 is 29.1 Å². The molecule has 3 N–H and O–H groups in total. The van der Waals surface area contributed by atoms with E-state index in [2.05, 4.69) is 10.6 Å². The van der Waals surface area contributed by atoms with Gasteiger partial charge in [0.2, 0.25) is 17.7 Å². The monoisotopic (exact) mass is 636 g/mol. The molecular weight excluding hydrogens is 596 g/mol. The zero-order valence-corrected chi connectivity index (χ0v) is 26.6. The number of nitrogens with zero attached hydrogens (tertiary/aromatic N) is 2. The highest BCUT2D eigenvalue weighted by atomic mass is 16.4. The van der Waals surface area contributed by atoms with Gasteiger partial charge in [0.1, 0.15) is 17.9 Å². The Morgan fingerprint density at radius 1 is 0.894 bits per heavy atom. The quantitative estimate of drug-likeness (QED) is 0.258. The summed E-state index contributed by atoms with van der Waals surface area (Å²) >= 11 is 0. The summed E-state index contributed by atoms with van der Waals surface area (Å²) in [5.74, 6) is -2.28. The molecule has 0 radical (unpaired) electrons. The molecule has 244 valence electrons. The van der Waals surface area contributed by atoms with Gasteiger partial charge in [-0.25, -0.2) is 4.79 Å². The van der Waals surface area contributed by atoms with Crippen LogP contribution in [0.4, 0.5) is 5.69 Å². The maximum absolute atomic E-state index is 14.1. The van der Waals surface area contributed by atoms with E-state index in [0.29, 0.717) is 43.5 Å². The van der Waals surface area contributed by atoms with Crippen LogP contribution in [-0.2, 0) is 30.4 Å². The molecule has 3 aromatic carbocycles. The molecule has 1 saturated heterocycles. The van der Waals surface area contributed by atoms with Gasteiger partial charge in [-0.15, -0.1) is 0 Å². The van der Waals surface area contributed by atoms with Crippen LogP contribution in [0.1, 0.15) is 68.8 Å². The highest BCUT2D eigenvalue weighted by Gasteiger charge is 2.48. The predicted molar refractivity (Wildman–Crippen MR) is 178 cm³/mol. The Balaban J connectivity index is 1.42. The van der Waals surface area contributed by atoms with E-state index in [4.69, 9.17) is 0 Å². The van der Waals surface area contributed by atoms with Crippen LogP contribution >= 0.6 is 0 Å². The first-order valence-electron chi connectivity index (χ1n) is 15.9. The summed E-state index contributed by atoms with van der Waals surface area (Å²) in [6.45, 7) is 3.22. The zero-order valence-electron chi connectivity index (χ0n) is 26.6. The Bertz CT molecular complexity index is 1650. The van der Waals surface area contributed by atoms with Crippen LogP contribution in [0, 0.1) is 5.41 Å². The third-order valence-electron chi connectivity index (χ3n) is 9.08. The largest absolute Gasteiger partial charge is 0.477 e. The Morgan fingerprint density at radius 3 is 2.09 bits per heavy atom. The molecule has 1 aliphatic carbocycles. The van der Waals surface area contributed by atoms with Gasteiger partial charge >= 0.3 is 5.97 Å². The standard InChI is InChI=1S/C37H40N4O6/c1-25(42)38-22-21-37(19-9-10-20-37)36(47)39-31(35(45)46)23-28-15-17-30(18-16-28)41-33(29-13-7-4-8-14-29)40(26(2)43)32(34(41)44)24-27-11-5-3-6-12-27/h3-8,11-18,23,32-33H,9-10,19-22,24H2,1-2H3,(H,38,42)(H,39,47)(H,45,46). The molecule has 4 amide bonds. The van der Waals surface area contributed by atoms with Crippen LogP contribution in [0.15, 0.2) is 90.6 Å². The van der Waals surface area contributed by atoms with Crippen molar-refractivity contribution in [3.05, 3.63) is 107 Å². The van der Waals surface area contributed by atoms with E-state index in [1.807, 2.05) is 60.7 Å². The van der Waals surface area contributed by atoms with Gasteiger partial charge in [0.15, 0.2) is 0 Å². The lowest BCUT2D eigenvalue weighted by Gasteiger charge is -2.31. The molecule has 1 heterocycles. The summed E-state index contributed by atoms with van der Waals surface area (Å²) in [6.07, 6.45) is 4.44. The third kappa shape index (κ3) is 7.43. The Kier molecular flexibility index (Phi) is 10.2. The number of benzene rings is 3. The van der Waals surface area contributed by atoms with Crippen molar-refractivity contribution in [3.8, 4) is 0 Å². The first kappa shape index (κ1) is 33.1. The molecule has 5 rings (SSSR count). The Morgan fingerprint density at radius 2 is 1.51 bits per heavy atom. The molecule has 0 bridgehead atoms. The average Bonchev–Trinajstić information content (AvgIpc) is 3.65. The van der Waals surface area contributed by atoms with Crippen LogP contribution in [0.25, 0.3) is 6.08 Å². The van der Waals surface area contributed by atoms with Crippen molar-refractivity contribution in [2.24, 2.45) is 5.41 Å². The highest BCUT2D eigenvalue weighted by Crippen LogP contribution is 2.42. The number of carbonyl (C=O) groups is 5. The van der Waals surface area contributed by atoms with E-state index in [1.165, 1.54) is 19.9 Å². The molecule has 1 aliphatic heterocycles. The Labute approximate surface area is 274 Å². The second-order valence-electron chi connectivity index (χ2n) is 12.3. The molecule has 3 aromatic rings. The number of carboxylic acids is 1. The molecule has 0 spiro atoms. The second-order valence-corrected chi connectivity index (χ2v) is 12.3. The van der Waals surface area contributed by atoms with Gasteiger partial charge in [0.25, 0.3) is 5.91 Å². The van der Waals surface area contributed by atoms with Gasteiger partial charge in [0.05, 0.1) is 5.41 Å². The number of nitrogens with one attached hydrogen (secondary N) is 2. The summed E-state index contributed by atoms with van der Waals surface area (Å²) in [4.78, 5) is 67.5. The van der Waals surface area contributed by atoms with Gasteiger partial charge in [-0.2, -0.15) is 0 Å². The molecule has 0 aromatic heterocycles. The number of carbonyl (C=O) groups excluding carboxylic acids is 4. The topological polar surface area (TPSA) is 136 Å². The van der Waals surface area contributed by atoms with Gasteiger partial charge in [-0.1, -0.05) is 85.6 Å². The molecule has 2 unspecified atom stereocenters. The fourth-order valence-corrected chi connectivity index (χ4v) is 6.74. The van der Waals surface area contributed by atoms with E-state index >= 15 is 0 Å². The minimum Gasteiger partial charge on any atom is -0.477 e. The fraction of sp³-hybridized carbons (Fsp3) is 0.324. The SMILES string of the molecule is CC(=O)NCCC1(C(=O)NC(=Cc2ccc(N3C(=O)C(Cc4ccccc4)N(C(C)=O)C3c3ccccc3)cc2)C(=O)O)CCCC1. The fourth-order valence-electron chi connectivity index (χ4n) is 6.74. The van der Waals surface area contributed by atoms with Crippen molar-refractivity contribution in [1.29, 1.82) is 0 Å². The maximum Gasteiger partial charge on any atom is 0.352 e. The predicted octanol–water partition coefficient (Wildman–Crippen LogP) is 4.82. The van der Waals surface area contributed by atoms with Crippen molar-refractivity contribution in [1.82, 2.24) is 15.5 Å². The van der Waals surface area contributed by atoms with Crippen molar-refractivity contribution in [2.75, 3.05) is 11.4 Å². The van der Waals surface area contributed by atoms with E-state index in [0.717, 1.165) is 24.0 Å². The number of hydrogen-bond donors (Lipinski definition) is 3. The van der Waals surface area contributed by atoms with Crippen LogP contribution in [0.5, 0.6) is 0 Å². The van der Waals surface area contributed by atoms with Crippen molar-refractivity contribution >= 4 is 41.4 Å². The smallest absolute Gasteiger partial charge is 0.352 e. The molecule has 2 fully saturated rings. The first-order valence-corrected chi connectivity index (χ1v) is 15.9. The van der Waals surface area contributed by atoms with E-state index < -0.39 is 23.6 Å². The second kappa shape index (κ2) is 14.5. The van der Waals surface area contributed by atoms with Gasteiger partial charge in [0, 0.05) is 32.5 Å². The highest BCUT2D eigenvalue weighted by molar-refractivity contribution is 6.04. The Hall–Kier alpha value is -5.25. The minimum absolute atomic E-state index is 0.181. The van der Waals surface area contributed by atoms with Crippen molar-refractivity contribution in [2.45, 2.75) is 64.6 Å². The lowest BCUT2D eigenvalue weighted by atomic mass is 9.81. The van der Waals surface area contributed by atoms with Crippen LogP contribution in [0.3, 0.4) is 0 Å². The lowest BCUT2D eigenvalue weighted by molar-refractivity contribution is -0.137. The number of carboxylic acid groups (broad SMARTS) is 1. The molecular formula is C37H40N4O6. The number of hydrogen-bond acceptors (Lipinski definition) is 5. The number of anilines is 1. The molecule has 2 atom stereocenters. The average molecular weight is 637 g/mol. The summed E-state index contributed by atoms with van der Waals surface area (Å²) in [5, 5.41) is 15.4. The first-order chi connectivity index (χ1) is 22.6. The zero-order chi connectivity index (χ0) is 33.6. The van der Waals surface area contributed by atoms with Gasteiger partial charge in [-0.3, -0.25) is 24.1 Å². The van der Waals surface area contributed by atoms with Gasteiger partial charge < -0.3 is 20.6 Å². The molecule has 1 saturated carbocycles. The van der Waals surface area contributed by atoms with E-state index in [9.17, 15) is 29.1 Å². The summed E-state index contributed by atoms with van der Waals surface area (Å²) in [6, 6.07) is 25.0. The number of amides is 4. The van der Waals surface area contributed by atoms with Crippen LogP contribution in [-0.4, -0.2) is 52.2 Å². The molecule has 10 nitrogen and oxygen atoms in total. The van der Waals surface area contributed by atoms with Crippen LogP contribution in [0.2, 0.25) is 0 Å². The molecule has 2 aliphatic rings. The number of rotatable bonds is 11. The lowest BCUT2D eigenvalue weighted by Crippen LogP contribution is -2.42. The molecule has 47 heavy (non-hydrogen) atoms. The maximum atomic E-state index is 14.1. The third-order valence-corrected chi connectivity index (χ3v) is 9.08. The van der Waals surface area contributed by atoms with E-state index in [-0.39, 0.29) is 29.3 Å². The summed E-state index contributed by atoms with van der Waals surface area (Å²) in [7, 11) is 0.